The molecule has 0 saturated carbocycles. The fraction of sp³-hybridized carbons (Fsp3) is 0.0645. The van der Waals surface area contributed by atoms with E-state index in [0.29, 0.717) is 5.56 Å². The molecule has 3 heterocycles. The fourth-order valence-electron chi connectivity index (χ4n) is 8.46. The largest absolute Gasteiger partial charge is 3.00 e. The van der Waals surface area contributed by atoms with Crippen molar-refractivity contribution in [2.24, 2.45) is 0 Å². The summed E-state index contributed by atoms with van der Waals surface area (Å²) in [6, 6.07) is 79.3. The Labute approximate surface area is 406 Å². The van der Waals surface area contributed by atoms with Crippen LogP contribution in [0.3, 0.4) is 0 Å². The van der Waals surface area contributed by atoms with Gasteiger partial charge in [-0.3, -0.25) is 0 Å². The molecule has 3 aromatic heterocycles. The number of nitrogens with zero attached hydrogens (tertiary/aromatic N) is 4. The quantitative estimate of drug-likeness (QED) is 0.108. The standard InChI is InChI=1S/C62H43N4.Ir/c63-40-48-11-9-17-54(38-48)61-33-26-45(42-65-61)22-24-47-35-46(23-21-44-25-32-60(64-41-44)52-14-5-2-6-15-52)36-57(37-47)59-20-8-7-19-58(59)56-31-34-62(66-43-56)55-18-10-16-53(39-55)51-29-27-50(28-30-51)49-12-3-1-4-13-49;/h1-14,16,19-20,25-39,41-43H,21-24H2;/q-3;+3. The van der Waals surface area contributed by atoms with E-state index in [1.54, 1.807) is 12.1 Å². The molecule has 10 aromatic rings. The van der Waals surface area contributed by atoms with Crippen LogP contribution in [0, 0.1) is 29.5 Å². The summed E-state index contributed by atoms with van der Waals surface area (Å²) in [5.74, 6) is 0. The van der Waals surface area contributed by atoms with Crippen molar-refractivity contribution in [1.82, 2.24) is 15.0 Å². The molecule has 0 saturated heterocycles. The number of hydrogen-bond acceptors (Lipinski definition) is 4. The van der Waals surface area contributed by atoms with Crippen LogP contribution in [0.15, 0.2) is 213 Å². The summed E-state index contributed by atoms with van der Waals surface area (Å²) in [4.78, 5) is 14.5. The molecule has 5 heteroatoms. The van der Waals surface area contributed by atoms with E-state index < -0.39 is 0 Å². The van der Waals surface area contributed by atoms with Gasteiger partial charge in [0.25, 0.3) is 0 Å². The smallest absolute Gasteiger partial charge is 0.304 e. The first-order valence-electron chi connectivity index (χ1n) is 22.3. The van der Waals surface area contributed by atoms with E-state index >= 15 is 0 Å². The second-order valence-corrected chi connectivity index (χ2v) is 16.4. The molecular weight excluding hydrogens is 993 g/mol. The van der Waals surface area contributed by atoms with Crippen LogP contribution >= 0.6 is 0 Å². The summed E-state index contributed by atoms with van der Waals surface area (Å²) < 4.78 is 0. The van der Waals surface area contributed by atoms with Gasteiger partial charge in [0.2, 0.25) is 0 Å². The van der Waals surface area contributed by atoms with Crippen LogP contribution in [-0.4, -0.2) is 15.0 Å². The third kappa shape index (κ3) is 10.7. The van der Waals surface area contributed by atoms with Crippen LogP contribution in [-0.2, 0) is 45.8 Å². The Hall–Kier alpha value is -7.87. The first-order chi connectivity index (χ1) is 32.6. The Morgan fingerprint density at radius 1 is 0.358 bits per heavy atom. The predicted octanol–water partition coefficient (Wildman–Crippen LogP) is 14.4. The molecule has 0 bridgehead atoms. The Morgan fingerprint density at radius 3 is 1.46 bits per heavy atom. The second-order valence-electron chi connectivity index (χ2n) is 16.4. The van der Waals surface area contributed by atoms with Crippen LogP contribution < -0.4 is 0 Å². The van der Waals surface area contributed by atoms with Crippen molar-refractivity contribution in [3.63, 3.8) is 0 Å². The van der Waals surface area contributed by atoms with Crippen molar-refractivity contribution in [3.8, 4) is 84.3 Å². The molecular formula is C62H43IrN4. The number of rotatable bonds is 13. The normalized spacial score (nSPS) is 10.8. The van der Waals surface area contributed by atoms with Crippen molar-refractivity contribution in [2.45, 2.75) is 25.7 Å². The minimum atomic E-state index is 0. The number of aromatic nitrogens is 3. The van der Waals surface area contributed by atoms with E-state index in [1.165, 1.54) is 33.4 Å². The van der Waals surface area contributed by atoms with Gasteiger partial charge in [-0.2, -0.15) is 5.26 Å². The monoisotopic (exact) mass is 1040 g/mol. The molecule has 0 unspecified atom stereocenters. The molecule has 4 nitrogen and oxygen atoms in total. The minimum Gasteiger partial charge on any atom is -0.304 e. The maximum absolute atomic E-state index is 9.38. The number of aryl methyl sites for hydroxylation is 4. The van der Waals surface area contributed by atoms with E-state index in [1.807, 2.05) is 67.1 Å². The molecule has 0 N–H and O–H groups in total. The Kier molecular flexibility index (Phi) is 13.9. The molecule has 0 aliphatic heterocycles. The average molecular weight is 1040 g/mol. The predicted molar refractivity (Wildman–Crippen MR) is 267 cm³/mol. The number of benzene rings is 7. The van der Waals surface area contributed by atoms with Crippen molar-refractivity contribution in [3.05, 3.63) is 259 Å². The number of pyridine rings is 3. The topological polar surface area (TPSA) is 62.5 Å². The van der Waals surface area contributed by atoms with E-state index in [0.717, 1.165) is 92.8 Å². The molecule has 0 spiro atoms. The van der Waals surface area contributed by atoms with Crippen LogP contribution in [0.4, 0.5) is 0 Å². The summed E-state index contributed by atoms with van der Waals surface area (Å²) in [6.45, 7) is 0. The van der Waals surface area contributed by atoms with Crippen molar-refractivity contribution in [1.29, 1.82) is 5.26 Å². The summed E-state index contributed by atoms with van der Waals surface area (Å²) in [6.07, 6.45) is 9.36. The molecule has 10 rings (SSSR count). The second kappa shape index (κ2) is 21.0. The Morgan fingerprint density at radius 2 is 0.866 bits per heavy atom. The van der Waals surface area contributed by atoms with Crippen molar-refractivity contribution < 1.29 is 20.1 Å². The maximum atomic E-state index is 9.38. The summed E-state index contributed by atoms with van der Waals surface area (Å²) >= 11 is 0. The molecule has 320 valence electrons. The SMILES string of the molecule is N#Cc1cc[c-]c(-c2ccc(CCc3cc(CCc4ccc(-c5[c-]cccc5)nc4)cc(-c4ccccc4-c4ccc(-c5[c-]ccc(-c6ccc(-c7ccccc7)cc6)c5)nc4)c3)cn2)c1.[Ir+3]. The van der Waals surface area contributed by atoms with Crippen LogP contribution in [0.2, 0.25) is 0 Å². The van der Waals surface area contributed by atoms with Crippen LogP contribution in [0.25, 0.3) is 78.3 Å². The summed E-state index contributed by atoms with van der Waals surface area (Å²) in [5.41, 5.74) is 20.1. The van der Waals surface area contributed by atoms with Crippen LogP contribution in [0.1, 0.15) is 27.8 Å². The molecule has 0 atom stereocenters. The molecule has 0 aliphatic rings. The molecule has 0 radical (unpaired) electrons. The third-order valence-electron chi connectivity index (χ3n) is 12.0. The van der Waals surface area contributed by atoms with E-state index in [9.17, 15) is 5.26 Å². The summed E-state index contributed by atoms with van der Waals surface area (Å²) in [5, 5.41) is 9.38. The summed E-state index contributed by atoms with van der Waals surface area (Å²) in [7, 11) is 0. The van der Waals surface area contributed by atoms with Crippen molar-refractivity contribution in [2.75, 3.05) is 0 Å². The maximum Gasteiger partial charge on any atom is 3.00 e. The van der Waals surface area contributed by atoms with Crippen molar-refractivity contribution >= 4 is 0 Å². The Bertz CT molecular complexity index is 3270. The van der Waals surface area contributed by atoms with E-state index in [-0.39, 0.29) is 20.1 Å². The fourth-order valence-corrected chi connectivity index (χ4v) is 8.46. The minimum absolute atomic E-state index is 0. The molecule has 0 amide bonds. The molecule has 0 fully saturated rings. The van der Waals surface area contributed by atoms with E-state index in [4.69, 9.17) is 15.0 Å². The number of nitriles is 1. The van der Waals surface area contributed by atoms with Gasteiger partial charge in [-0.1, -0.05) is 133 Å². The molecule has 7 aromatic carbocycles. The molecule has 0 aliphatic carbocycles. The zero-order valence-corrected chi connectivity index (χ0v) is 39.1. The Balaban J connectivity index is 0.00000562. The van der Waals surface area contributed by atoms with Gasteiger partial charge in [0.1, 0.15) is 0 Å². The first kappa shape index (κ1) is 44.3. The first-order valence-corrected chi connectivity index (χ1v) is 22.3. The number of hydrogen-bond donors (Lipinski definition) is 0. The zero-order valence-electron chi connectivity index (χ0n) is 36.7. The average Bonchev–Trinajstić information content (AvgIpc) is 3.40. The molecule has 67 heavy (non-hydrogen) atoms. The van der Waals surface area contributed by atoms with Gasteiger partial charge in [0, 0.05) is 18.6 Å². The van der Waals surface area contributed by atoms with Gasteiger partial charge in [0.15, 0.2) is 0 Å². The van der Waals surface area contributed by atoms with Crippen LogP contribution in [0.5, 0.6) is 0 Å². The zero-order chi connectivity index (χ0) is 44.5. The third-order valence-corrected chi connectivity index (χ3v) is 12.0. The van der Waals surface area contributed by atoms with Gasteiger partial charge in [-0.05, 0) is 110 Å². The van der Waals surface area contributed by atoms with Gasteiger partial charge >= 0.3 is 20.1 Å². The van der Waals surface area contributed by atoms with Gasteiger partial charge in [-0.25, -0.2) is 0 Å². The van der Waals surface area contributed by atoms with Gasteiger partial charge < -0.3 is 15.0 Å². The van der Waals surface area contributed by atoms with E-state index in [2.05, 4.69) is 158 Å². The van der Waals surface area contributed by atoms with Gasteiger partial charge in [0.05, 0.1) is 6.07 Å². The van der Waals surface area contributed by atoms with Gasteiger partial charge in [-0.15, -0.1) is 101 Å².